The van der Waals surface area contributed by atoms with Crippen LogP contribution in [0.15, 0.2) is 114 Å². The fraction of sp³-hybridized carbons (Fsp3) is 0.0333. The monoisotopic (exact) mass is 423 g/mol. The third-order valence-electron chi connectivity index (χ3n) is 7.12. The van der Waals surface area contributed by atoms with Crippen LogP contribution in [-0.2, 0) is 0 Å². The number of nitrogens with zero attached hydrogens (tertiary/aromatic N) is 2. The number of hydrogen-bond acceptors (Lipinski definition) is 2. The minimum Gasteiger partial charge on any atom is -0.449 e. The minimum atomic E-state index is 0.141. The molecule has 3 aliphatic rings. The Hall–Kier alpha value is -4.37. The molecule has 33 heavy (non-hydrogen) atoms. The highest BCUT2D eigenvalue weighted by Gasteiger charge is 2.48. The quantitative estimate of drug-likeness (QED) is 0.263. The van der Waals surface area contributed by atoms with Crippen molar-refractivity contribution >= 4 is 56.0 Å². The van der Waals surface area contributed by atoms with Gasteiger partial charge in [0, 0.05) is 34.5 Å². The van der Waals surface area contributed by atoms with Gasteiger partial charge in [0.05, 0.1) is 5.69 Å². The fourth-order valence-electron chi connectivity index (χ4n) is 5.81. The molecule has 1 unspecified atom stereocenters. The molecule has 154 valence electrons. The molecule has 3 heterocycles. The molecule has 0 radical (unpaired) electrons. The smallest absolute Gasteiger partial charge is 0.255 e. The molecule has 2 aliphatic heterocycles. The molecule has 0 amide bonds. The highest BCUT2D eigenvalue weighted by atomic mass is 16.3. The number of rotatable bonds is 1. The molecule has 3 nitrogen and oxygen atoms in total. The Kier molecular flexibility index (Phi) is 3.19. The van der Waals surface area contributed by atoms with Crippen molar-refractivity contribution in [3.63, 3.8) is 0 Å². The zero-order chi connectivity index (χ0) is 21.5. The number of fused-ring (bicyclic) bond motifs is 8. The van der Waals surface area contributed by atoms with E-state index in [-0.39, 0.29) is 6.04 Å². The van der Waals surface area contributed by atoms with Crippen LogP contribution in [0.3, 0.4) is 0 Å². The van der Waals surface area contributed by atoms with E-state index in [1.165, 1.54) is 33.9 Å². The second-order valence-electron chi connectivity index (χ2n) is 8.77. The van der Waals surface area contributed by atoms with E-state index in [0.717, 1.165) is 27.6 Å². The number of allylic oxidation sites excluding steroid dienone is 2. The maximum Gasteiger partial charge on any atom is 0.255 e. The lowest BCUT2D eigenvalue weighted by Gasteiger charge is -2.32. The molecule has 1 aliphatic carbocycles. The second-order valence-corrected chi connectivity index (χ2v) is 8.77. The number of para-hydroxylation sites is 5. The predicted octanol–water partition coefficient (Wildman–Crippen LogP) is 7.35. The van der Waals surface area contributed by atoms with Gasteiger partial charge in [-0.05, 0) is 29.8 Å². The van der Waals surface area contributed by atoms with Gasteiger partial charge < -0.3 is 9.32 Å². The van der Waals surface area contributed by atoms with E-state index < -0.39 is 0 Å². The average Bonchev–Trinajstić information content (AvgIpc) is 3.42. The highest BCUT2D eigenvalue weighted by Crippen LogP contribution is 2.52. The molecular formula is C30H19N2O+. The van der Waals surface area contributed by atoms with Gasteiger partial charge in [-0.3, -0.25) is 0 Å². The molecule has 1 atom stereocenters. The molecule has 0 N–H and O–H groups in total. The Morgan fingerprint density at radius 1 is 0.697 bits per heavy atom. The summed E-state index contributed by atoms with van der Waals surface area (Å²) in [6.07, 6.45) is 6.70. The molecule has 8 rings (SSSR count). The summed E-state index contributed by atoms with van der Waals surface area (Å²) in [7, 11) is 0. The van der Waals surface area contributed by atoms with E-state index >= 15 is 0 Å². The van der Waals surface area contributed by atoms with Crippen LogP contribution < -0.4 is 9.48 Å². The van der Waals surface area contributed by atoms with Crippen molar-refractivity contribution in [2.24, 2.45) is 0 Å². The Morgan fingerprint density at radius 2 is 1.45 bits per heavy atom. The number of anilines is 2. The van der Waals surface area contributed by atoms with Crippen molar-refractivity contribution in [2.45, 2.75) is 6.04 Å². The summed E-state index contributed by atoms with van der Waals surface area (Å²) in [6, 6.07) is 32.4. The molecule has 0 bridgehead atoms. The van der Waals surface area contributed by atoms with Crippen LogP contribution in [0.4, 0.5) is 22.7 Å². The summed E-state index contributed by atoms with van der Waals surface area (Å²) < 4.78 is 8.85. The lowest BCUT2D eigenvalue weighted by Crippen LogP contribution is -2.43. The van der Waals surface area contributed by atoms with Gasteiger partial charge in [0.25, 0.3) is 5.69 Å². The third kappa shape index (κ3) is 2.12. The molecule has 1 aromatic heterocycles. The van der Waals surface area contributed by atoms with Gasteiger partial charge in [0.2, 0.25) is 17.0 Å². The topological polar surface area (TPSA) is 19.4 Å². The maximum atomic E-state index is 6.46. The predicted molar refractivity (Wildman–Crippen MR) is 136 cm³/mol. The van der Waals surface area contributed by atoms with Crippen molar-refractivity contribution in [3.05, 3.63) is 115 Å². The van der Waals surface area contributed by atoms with E-state index in [0.29, 0.717) is 0 Å². The van der Waals surface area contributed by atoms with Gasteiger partial charge in [-0.25, -0.2) is 0 Å². The van der Waals surface area contributed by atoms with E-state index in [1.54, 1.807) is 0 Å². The molecule has 5 aromatic rings. The van der Waals surface area contributed by atoms with Gasteiger partial charge >= 0.3 is 0 Å². The SMILES string of the molecule is C1=CC2=[N+](c3cccc4c3oc3ccccc34)c3ccccc3N3c4ccccc4C(=C1)C23. The minimum absolute atomic E-state index is 0.141. The van der Waals surface area contributed by atoms with Gasteiger partial charge in [-0.15, -0.1) is 0 Å². The van der Waals surface area contributed by atoms with Crippen molar-refractivity contribution in [1.29, 1.82) is 0 Å². The van der Waals surface area contributed by atoms with Crippen molar-refractivity contribution in [2.75, 3.05) is 4.90 Å². The van der Waals surface area contributed by atoms with Gasteiger partial charge in [0.15, 0.2) is 0 Å². The fourth-order valence-corrected chi connectivity index (χ4v) is 5.81. The average molecular weight is 423 g/mol. The summed E-state index contributed by atoms with van der Waals surface area (Å²) >= 11 is 0. The molecule has 0 spiro atoms. The first-order valence-corrected chi connectivity index (χ1v) is 11.3. The standard InChI is InChI=1S/C30H19N2O/c1-3-13-23-19(9-1)21-11-7-16-26-29(21)32(23)25-15-5-4-14-24(25)31(26)27-17-8-12-22-20-10-2-6-18-28(20)33-30(22)27/h1-18,29H/q+1. The van der Waals surface area contributed by atoms with Crippen LogP contribution in [0, 0.1) is 0 Å². The van der Waals surface area contributed by atoms with Crippen LogP contribution >= 0.6 is 0 Å². The lowest BCUT2D eigenvalue weighted by molar-refractivity contribution is 0.666. The summed E-state index contributed by atoms with van der Waals surface area (Å²) in [4.78, 5) is 2.49. The normalized spacial score (nSPS) is 17.9. The number of furan rings is 1. The zero-order valence-corrected chi connectivity index (χ0v) is 17.8. The summed E-state index contributed by atoms with van der Waals surface area (Å²) in [5.74, 6) is 0. The van der Waals surface area contributed by atoms with Crippen molar-refractivity contribution in [3.8, 4) is 0 Å². The van der Waals surface area contributed by atoms with E-state index in [4.69, 9.17) is 4.42 Å². The second kappa shape index (κ2) is 6.11. The van der Waals surface area contributed by atoms with E-state index in [1.807, 2.05) is 12.1 Å². The first kappa shape index (κ1) is 17.2. The van der Waals surface area contributed by atoms with Gasteiger partial charge in [-0.1, -0.05) is 66.7 Å². The highest BCUT2D eigenvalue weighted by molar-refractivity contribution is 6.22. The van der Waals surface area contributed by atoms with Crippen LogP contribution in [0.25, 0.3) is 27.5 Å². The first-order chi connectivity index (χ1) is 16.4. The Morgan fingerprint density at radius 3 is 2.42 bits per heavy atom. The summed E-state index contributed by atoms with van der Waals surface area (Å²) in [6.45, 7) is 0. The number of benzene rings is 4. The molecule has 3 heteroatoms. The molecule has 4 aromatic carbocycles. The molecule has 0 saturated carbocycles. The lowest BCUT2D eigenvalue weighted by atomic mass is 9.92. The van der Waals surface area contributed by atoms with Gasteiger partial charge in [-0.2, -0.15) is 4.58 Å². The molecule has 0 saturated heterocycles. The zero-order valence-electron chi connectivity index (χ0n) is 17.8. The van der Waals surface area contributed by atoms with E-state index in [2.05, 4.69) is 107 Å². The number of hydrogen-bond donors (Lipinski definition) is 0. The summed E-state index contributed by atoms with van der Waals surface area (Å²) in [5, 5.41) is 2.30. The molecule has 0 fully saturated rings. The van der Waals surface area contributed by atoms with Crippen LogP contribution in [0.5, 0.6) is 0 Å². The van der Waals surface area contributed by atoms with Crippen LogP contribution in [0.2, 0.25) is 0 Å². The third-order valence-corrected chi connectivity index (χ3v) is 7.12. The Balaban J connectivity index is 1.50. The van der Waals surface area contributed by atoms with E-state index in [9.17, 15) is 0 Å². The first-order valence-electron chi connectivity index (χ1n) is 11.3. The van der Waals surface area contributed by atoms with Crippen LogP contribution in [0.1, 0.15) is 5.56 Å². The largest absolute Gasteiger partial charge is 0.449 e. The van der Waals surface area contributed by atoms with Crippen molar-refractivity contribution in [1.82, 2.24) is 4.58 Å². The van der Waals surface area contributed by atoms with Gasteiger partial charge in [0.1, 0.15) is 17.3 Å². The summed E-state index contributed by atoms with van der Waals surface area (Å²) in [5.41, 5.74) is 10.5. The maximum absolute atomic E-state index is 6.46. The Bertz CT molecular complexity index is 1730. The van der Waals surface area contributed by atoms with Crippen LogP contribution in [-0.4, -0.2) is 11.8 Å². The van der Waals surface area contributed by atoms with Crippen molar-refractivity contribution < 1.29 is 4.42 Å². The Labute approximate surface area is 190 Å². The molecular weight excluding hydrogens is 404 g/mol.